The van der Waals surface area contributed by atoms with Crippen molar-refractivity contribution in [2.75, 3.05) is 11.5 Å². The second kappa shape index (κ2) is 4.05. The molecule has 1 N–H and O–H groups in total. The lowest BCUT2D eigenvalue weighted by molar-refractivity contribution is 0.0698. The smallest absolute Gasteiger partial charge is 0.337 e. The molecule has 2 aromatic rings. The van der Waals surface area contributed by atoms with Gasteiger partial charge in [-0.15, -0.1) is 0 Å². The number of hydrogen-bond acceptors (Lipinski definition) is 4. The Bertz CT molecular complexity index is 809. The first-order valence-electron chi connectivity index (χ1n) is 6.23. The molecule has 1 aromatic carbocycles. The van der Waals surface area contributed by atoms with Crippen molar-refractivity contribution >= 4 is 26.8 Å². The summed E-state index contributed by atoms with van der Waals surface area (Å²) in [7, 11) is -3.08. The first-order valence-corrected chi connectivity index (χ1v) is 8.05. The van der Waals surface area contributed by atoms with Crippen LogP contribution in [-0.4, -0.2) is 40.6 Å². The van der Waals surface area contributed by atoms with E-state index in [1.165, 1.54) is 12.4 Å². The first kappa shape index (κ1) is 13.1. The van der Waals surface area contributed by atoms with Gasteiger partial charge in [0, 0.05) is 0 Å². The molecule has 3 rings (SSSR count). The number of rotatable bonds is 2. The molecule has 1 aromatic heterocycles. The van der Waals surface area contributed by atoms with Crippen LogP contribution >= 0.6 is 0 Å². The zero-order chi connectivity index (χ0) is 14.5. The highest BCUT2D eigenvalue weighted by atomic mass is 32.2. The summed E-state index contributed by atoms with van der Waals surface area (Å²) in [6.45, 7) is 1.83. The zero-order valence-corrected chi connectivity index (χ0v) is 11.7. The summed E-state index contributed by atoms with van der Waals surface area (Å²) in [5.74, 6) is -0.903. The van der Waals surface area contributed by atoms with E-state index >= 15 is 0 Å². The van der Waals surface area contributed by atoms with Gasteiger partial charge in [0.1, 0.15) is 0 Å². The van der Waals surface area contributed by atoms with E-state index in [1.54, 1.807) is 16.7 Å². The Morgan fingerprint density at radius 2 is 2.20 bits per heavy atom. The fourth-order valence-corrected chi connectivity index (χ4v) is 4.96. The third-order valence-electron chi connectivity index (χ3n) is 3.86. The molecule has 0 spiro atoms. The Morgan fingerprint density at radius 1 is 1.45 bits per heavy atom. The van der Waals surface area contributed by atoms with Gasteiger partial charge in [0.15, 0.2) is 9.84 Å². The van der Waals surface area contributed by atoms with Crippen LogP contribution in [-0.2, 0) is 15.4 Å². The lowest BCUT2D eigenvalue weighted by Crippen LogP contribution is -2.31. The molecule has 0 saturated carbocycles. The maximum Gasteiger partial charge on any atom is 0.337 e. The number of benzene rings is 1. The monoisotopic (exact) mass is 294 g/mol. The topological polar surface area (TPSA) is 89.3 Å². The van der Waals surface area contributed by atoms with Gasteiger partial charge in [0.05, 0.1) is 40.0 Å². The predicted octanol–water partition coefficient (Wildman–Crippen LogP) is 1.27. The van der Waals surface area contributed by atoms with E-state index in [-0.39, 0.29) is 17.1 Å². The molecule has 1 aliphatic rings. The number of aromatic nitrogens is 2. The lowest BCUT2D eigenvalue weighted by Gasteiger charge is -2.25. The second-order valence-electron chi connectivity index (χ2n) is 5.43. The van der Waals surface area contributed by atoms with Crippen molar-refractivity contribution < 1.29 is 18.3 Å². The highest BCUT2D eigenvalue weighted by Gasteiger charge is 2.41. The molecule has 0 radical (unpaired) electrons. The Labute approximate surface area is 116 Å². The molecule has 0 bridgehead atoms. The Balaban J connectivity index is 2.25. The number of hydrogen-bond donors (Lipinski definition) is 1. The van der Waals surface area contributed by atoms with Crippen LogP contribution in [0.5, 0.6) is 0 Å². The third-order valence-corrected chi connectivity index (χ3v) is 5.75. The molecule has 20 heavy (non-hydrogen) atoms. The molecular weight excluding hydrogens is 280 g/mol. The predicted molar refractivity (Wildman–Crippen MR) is 73.6 cm³/mol. The van der Waals surface area contributed by atoms with Crippen molar-refractivity contribution in [3.05, 3.63) is 30.1 Å². The first-order chi connectivity index (χ1) is 9.32. The zero-order valence-electron chi connectivity index (χ0n) is 10.9. The van der Waals surface area contributed by atoms with Gasteiger partial charge in [0.25, 0.3) is 0 Å². The van der Waals surface area contributed by atoms with Crippen molar-refractivity contribution in [2.45, 2.75) is 18.9 Å². The van der Waals surface area contributed by atoms with Gasteiger partial charge < -0.3 is 9.67 Å². The van der Waals surface area contributed by atoms with E-state index in [9.17, 15) is 18.3 Å². The summed E-state index contributed by atoms with van der Waals surface area (Å²) in [6.07, 6.45) is 2.01. The number of sulfone groups is 1. The molecule has 1 fully saturated rings. The van der Waals surface area contributed by atoms with Crippen LogP contribution in [0.4, 0.5) is 0 Å². The summed E-state index contributed by atoms with van der Waals surface area (Å²) in [4.78, 5) is 15.6. The van der Waals surface area contributed by atoms with Crippen LogP contribution < -0.4 is 0 Å². The van der Waals surface area contributed by atoms with E-state index in [0.29, 0.717) is 17.5 Å². The summed E-state index contributed by atoms with van der Waals surface area (Å²) >= 11 is 0. The average molecular weight is 294 g/mol. The molecule has 7 heteroatoms. The summed E-state index contributed by atoms with van der Waals surface area (Å²) in [5, 5.41) is 9.30. The summed E-state index contributed by atoms with van der Waals surface area (Å²) in [6, 6.07) is 4.87. The van der Waals surface area contributed by atoms with E-state index in [2.05, 4.69) is 4.98 Å². The third kappa shape index (κ3) is 1.89. The minimum atomic E-state index is -3.08. The maximum atomic E-state index is 11.7. The number of carbonyl (C=O) groups is 1. The summed E-state index contributed by atoms with van der Waals surface area (Å²) in [5.41, 5.74) is 0.555. The van der Waals surface area contributed by atoms with Crippen molar-refractivity contribution in [1.82, 2.24) is 9.55 Å². The number of nitrogens with zero attached hydrogens (tertiary/aromatic N) is 2. The van der Waals surface area contributed by atoms with E-state index in [4.69, 9.17) is 0 Å². The fraction of sp³-hybridized carbons (Fsp3) is 0.385. The van der Waals surface area contributed by atoms with Gasteiger partial charge in [-0.25, -0.2) is 18.2 Å². The van der Waals surface area contributed by atoms with Crippen molar-refractivity contribution in [1.29, 1.82) is 0 Å². The van der Waals surface area contributed by atoms with Gasteiger partial charge in [-0.05, 0) is 25.5 Å². The minimum Gasteiger partial charge on any atom is -0.478 e. The lowest BCUT2D eigenvalue weighted by atomic mass is 10.0. The Hall–Kier alpha value is -1.89. The van der Waals surface area contributed by atoms with Gasteiger partial charge in [0.2, 0.25) is 0 Å². The Kier molecular flexibility index (Phi) is 2.66. The van der Waals surface area contributed by atoms with Gasteiger partial charge in [-0.1, -0.05) is 6.07 Å². The molecule has 0 aliphatic carbocycles. The van der Waals surface area contributed by atoms with Gasteiger partial charge in [-0.3, -0.25) is 0 Å². The molecule has 1 aliphatic heterocycles. The van der Waals surface area contributed by atoms with Crippen molar-refractivity contribution in [3.63, 3.8) is 0 Å². The van der Waals surface area contributed by atoms with Crippen LogP contribution in [0.3, 0.4) is 0 Å². The van der Waals surface area contributed by atoms with Gasteiger partial charge >= 0.3 is 5.97 Å². The number of para-hydroxylation sites is 1. The fourth-order valence-electron chi connectivity index (χ4n) is 2.83. The van der Waals surface area contributed by atoms with Crippen LogP contribution in [0.2, 0.25) is 0 Å². The number of imidazole rings is 1. The maximum absolute atomic E-state index is 11.7. The normalized spacial score (nSPS) is 25.1. The molecule has 1 saturated heterocycles. The van der Waals surface area contributed by atoms with Crippen LogP contribution in [0, 0.1) is 0 Å². The SMILES string of the molecule is CC1(n2cnc3cccc(C(=O)O)c32)CCS(=O)(=O)C1. The quantitative estimate of drug-likeness (QED) is 0.901. The number of carboxylic acid groups (broad SMARTS) is 1. The average Bonchev–Trinajstić information content (AvgIpc) is 2.90. The minimum absolute atomic E-state index is 0.0133. The molecule has 0 amide bonds. The molecule has 1 unspecified atom stereocenters. The standard InChI is InChI=1S/C13H14N2O4S/c1-13(5-6-20(18,19)7-13)15-8-14-10-4-2-3-9(11(10)15)12(16)17/h2-4,8H,5-7H2,1H3,(H,16,17). The van der Waals surface area contributed by atoms with E-state index in [1.807, 2.05) is 6.92 Å². The Morgan fingerprint density at radius 3 is 2.80 bits per heavy atom. The number of fused-ring (bicyclic) bond motifs is 1. The summed E-state index contributed by atoms with van der Waals surface area (Å²) < 4.78 is 25.2. The number of aromatic carboxylic acids is 1. The molecule has 1 atom stereocenters. The van der Waals surface area contributed by atoms with Crippen LogP contribution in [0.15, 0.2) is 24.5 Å². The molecule has 106 valence electrons. The van der Waals surface area contributed by atoms with Crippen molar-refractivity contribution in [3.8, 4) is 0 Å². The largest absolute Gasteiger partial charge is 0.478 e. The van der Waals surface area contributed by atoms with E-state index in [0.717, 1.165) is 0 Å². The number of carboxylic acids is 1. The van der Waals surface area contributed by atoms with E-state index < -0.39 is 21.3 Å². The van der Waals surface area contributed by atoms with Crippen LogP contribution in [0.25, 0.3) is 11.0 Å². The molecule has 2 heterocycles. The molecular formula is C13H14N2O4S. The highest BCUT2D eigenvalue weighted by molar-refractivity contribution is 7.91. The van der Waals surface area contributed by atoms with Crippen LogP contribution in [0.1, 0.15) is 23.7 Å². The second-order valence-corrected chi connectivity index (χ2v) is 7.62. The van der Waals surface area contributed by atoms with Crippen molar-refractivity contribution in [2.24, 2.45) is 0 Å². The highest BCUT2D eigenvalue weighted by Crippen LogP contribution is 2.34. The molecule has 6 nitrogen and oxygen atoms in total. The van der Waals surface area contributed by atoms with Gasteiger partial charge in [-0.2, -0.15) is 0 Å².